The Balaban J connectivity index is 1.35. The largest absolute Gasteiger partial charge is 0.458 e. The van der Waals surface area contributed by atoms with E-state index in [1.807, 2.05) is 54.6 Å². The second kappa shape index (κ2) is 9.94. The number of methoxy groups -OCH3 is 1. The Bertz CT molecular complexity index is 1310. The molecule has 0 N–H and O–H groups in total. The van der Waals surface area contributed by atoms with E-state index in [0.717, 1.165) is 16.7 Å². The summed E-state index contributed by atoms with van der Waals surface area (Å²) in [4.78, 5) is 16.5. The molecule has 37 heavy (non-hydrogen) atoms. The summed E-state index contributed by atoms with van der Waals surface area (Å²) in [6.45, 7) is 0.464. The summed E-state index contributed by atoms with van der Waals surface area (Å²) in [6.07, 6.45) is 1.46. The maximum Gasteiger partial charge on any atom is 0.302 e. The van der Waals surface area contributed by atoms with Crippen LogP contribution in [-0.2, 0) is 26.4 Å². The Hall–Kier alpha value is -3.78. The molecule has 0 spiro atoms. The van der Waals surface area contributed by atoms with E-state index in [1.165, 1.54) is 0 Å². The molecule has 0 unspecified atom stereocenters. The van der Waals surface area contributed by atoms with Crippen molar-refractivity contribution >= 4 is 0 Å². The molecule has 0 aliphatic carbocycles. The number of ether oxygens (including phenoxy) is 4. The van der Waals surface area contributed by atoms with Crippen molar-refractivity contribution in [1.82, 2.24) is 9.55 Å². The number of hydrogen-bond donors (Lipinski definition) is 0. The highest BCUT2D eigenvalue weighted by atomic mass is 16.6. The van der Waals surface area contributed by atoms with Gasteiger partial charge in [0, 0.05) is 19.7 Å². The SMILES string of the molecule is COCc1cn2c(nc1=O)O[C@@H]1C[C@H]2O[C@@H]1COC(c1ccccc1)(c1ccccc1)c1ccccc1. The van der Waals surface area contributed by atoms with Crippen LogP contribution in [0, 0.1) is 0 Å². The molecule has 2 bridgehead atoms. The molecule has 188 valence electrons. The minimum atomic E-state index is -0.851. The molecule has 2 aliphatic rings. The number of benzene rings is 3. The third-order valence-corrected chi connectivity index (χ3v) is 7.04. The van der Waals surface area contributed by atoms with Crippen LogP contribution in [0.25, 0.3) is 0 Å². The van der Waals surface area contributed by atoms with Gasteiger partial charge in [-0.25, -0.2) is 0 Å². The zero-order chi connectivity index (χ0) is 25.2. The van der Waals surface area contributed by atoms with E-state index in [4.69, 9.17) is 18.9 Å². The minimum absolute atomic E-state index is 0.183. The smallest absolute Gasteiger partial charge is 0.302 e. The average molecular weight is 497 g/mol. The first-order chi connectivity index (χ1) is 18.2. The second-order valence-corrected chi connectivity index (χ2v) is 9.31. The zero-order valence-corrected chi connectivity index (χ0v) is 20.5. The summed E-state index contributed by atoms with van der Waals surface area (Å²) in [5.41, 5.74) is 2.33. The Kier molecular flexibility index (Phi) is 6.34. The van der Waals surface area contributed by atoms with Gasteiger partial charge in [0.1, 0.15) is 24.0 Å². The molecule has 7 heteroatoms. The molecular weight excluding hydrogens is 468 g/mol. The van der Waals surface area contributed by atoms with Gasteiger partial charge in [-0.1, -0.05) is 91.0 Å². The van der Waals surface area contributed by atoms with Crippen LogP contribution in [0.1, 0.15) is 34.9 Å². The fraction of sp³-hybridized carbons (Fsp3) is 0.267. The highest BCUT2D eigenvalue weighted by Crippen LogP contribution is 2.43. The van der Waals surface area contributed by atoms with Crippen molar-refractivity contribution in [1.29, 1.82) is 0 Å². The fourth-order valence-electron chi connectivity index (χ4n) is 5.30. The van der Waals surface area contributed by atoms with E-state index in [1.54, 1.807) is 17.9 Å². The fourth-order valence-corrected chi connectivity index (χ4v) is 5.30. The predicted molar refractivity (Wildman–Crippen MR) is 137 cm³/mol. The van der Waals surface area contributed by atoms with Crippen LogP contribution in [0.2, 0.25) is 0 Å². The van der Waals surface area contributed by atoms with Crippen molar-refractivity contribution in [3.63, 3.8) is 0 Å². The molecule has 3 atom stereocenters. The summed E-state index contributed by atoms with van der Waals surface area (Å²) in [5, 5.41) is 0. The van der Waals surface area contributed by atoms with Crippen molar-refractivity contribution in [2.75, 3.05) is 13.7 Å². The molecule has 1 fully saturated rings. The first-order valence-electron chi connectivity index (χ1n) is 12.4. The Labute approximate surface area is 215 Å². The van der Waals surface area contributed by atoms with Gasteiger partial charge in [-0.3, -0.25) is 9.36 Å². The van der Waals surface area contributed by atoms with Gasteiger partial charge in [-0.2, -0.15) is 4.98 Å². The van der Waals surface area contributed by atoms with Crippen LogP contribution in [0.5, 0.6) is 6.01 Å². The summed E-state index contributed by atoms with van der Waals surface area (Å²) in [6, 6.07) is 31.0. The van der Waals surface area contributed by atoms with Crippen molar-refractivity contribution in [3.8, 4) is 6.01 Å². The molecule has 4 aromatic rings. The number of rotatable bonds is 8. The lowest BCUT2D eigenvalue weighted by Crippen LogP contribution is -2.39. The Morgan fingerprint density at radius 1 is 0.919 bits per heavy atom. The maximum absolute atomic E-state index is 12.4. The van der Waals surface area contributed by atoms with Crippen LogP contribution in [0.4, 0.5) is 0 Å². The molecular formula is C30H28N2O5. The first kappa shape index (κ1) is 23.6. The summed E-state index contributed by atoms with van der Waals surface area (Å²) >= 11 is 0. The molecule has 7 nitrogen and oxygen atoms in total. The van der Waals surface area contributed by atoms with Gasteiger partial charge in [-0.15, -0.1) is 0 Å². The Morgan fingerprint density at radius 3 is 2.03 bits per heavy atom. The Morgan fingerprint density at radius 2 is 1.49 bits per heavy atom. The number of hydrogen-bond acceptors (Lipinski definition) is 6. The van der Waals surface area contributed by atoms with Crippen molar-refractivity contribution in [2.45, 2.75) is 37.1 Å². The molecule has 1 saturated heterocycles. The van der Waals surface area contributed by atoms with Gasteiger partial charge in [0.2, 0.25) is 0 Å². The first-order valence-corrected chi connectivity index (χ1v) is 12.4. The normalized spacial score (nSPS) is 20.3. The van der Waals surface area contributed by atoms with E-state index in [2.05, 4.69) is 41.4 Å². The quantitative estimate of drug-likeness (QED) is 0.336. The van der Waals surface area contributed by atoms with Crippen molar-refractivity contribution in [3.05, 3.63) is 130 Å². The van der Waals surface area contributed by atoms with Gasteiger partial charge in [0.15, 0.2) is 0 Å². The molecule has 3 heterocycles. The number of fused-ring (bicyclic) bond motifs is 4. The van der Waals surface area contributed by atoms with Gasteiger partial charge >= 0.3 is 6.01 Å². The summed E-state index contributed by atoms with van der Waals surface area (Å²) in [5.74, 6) is 0. The lowest BCUT2D eigenvalue weighted by atomic mass is 9.80. The van der Waals surface area contributed by atoms with Crippen LogP contribution < -0.4 is 10.3 Å². The van der Waals surface area contributed by atoms with Crippen LogP contribution in [0.15, 0.2) is 102 Å². The van der Waals surface area contributed by atoms with E-state index >= 15 is 0 Å². The highest BCUT2D eigenvalue weighted by molar-refractivity contribution is 5.47. The van der Waals surface area contributed by atoms with Crippen LogP contribution in [-0.4, -0.2) is 35.5 Å². The molecule has 0 amide bonds. The molecule has 0 saturated carbocycles. The van der Waals surface area contributed by atoms with Crippen molar-refractivity contribution < 1.29 is 18.9 Å². The van der Waals surface area contributed by atoms with Crippen LogP contribution >= 0.6 is 0 Å². The van der Waals surface area contributed by atoms with Gasteiger partial charge in [-0.05, 0) is 16.7 Å². The predicted octanol–water partition coefficient (Wildman–Crippen LogP) is 4.45. The lowest BCUT2D eigenvalue weighted by Gasteiger charge is -2.37. The average Bonchev–Trinajstić information content (AvgIpc) is 3.28. The van der Waals surface area contributed by atoms with Crippen LogP contribution in [0.3, 0.4) is 0 Å². The molecule has 3 aromatic carbocycles. The third kappa shape index (κ3) is 4.25. The standard InChI is InChI=1S/C30H28N2O5/c1-34-19-21-18-32-27-17-25(37-29(32)31-28(21)33)26(36-27)20-35-30(22-11-5-2-6-12-22,23-13-7-3-8-14-23)24-15-9-4-10-16-24/h2-16,18,25-27H,17,19-20H2,1H3/t25-,26-,27-/m1/s1. The topological polar surface area (TPSA) is 71.8 Å². The van der Waals surface area contributed by atoms with E-state index < -0.39 is 5.60 Å². The maximum atomic E-state index is 12.4. The van der Waals surface area contributed by atoms with E-state index in [-0.39, 0.29) is 43.2 Å². The number of aromatic nitrogens is 2. The zero-order valence-electron chi connectivity index (χ0n) is 20.5. The highest BCUT2D eigenvalue weighted by Gasteiger charge is 2.46. The van der Waals surface area contributed by atoms with Crippen molar-refractivity contribution in [2.24, 2.45) is 0 Å². The number of nitrogens with zero attached hydrogens (tertiary/aromatic N) is 2. The monoisotopic (exact) mass is 496 g/mol. The summed E-state index contributed by atoms with van der Waals surface area (Å²) in [7, 11) is 1.55. The lowest BCUT2D eigenvalue weighted by molar-refractivity contribution is -0.0816. The molecule has 0 radical (unpaired) electrons. The van der Waals surface area contributed by atoms with Gasteiger partial charge in [0.25, 0.3) is 5.56 Å². The van der Waals surface area contributed by atoms with Gasteiger partial charge < -0.3 is 18.9 Å². The molecule has 1 aromatic heterocycles. The molecule has 2 aliphatic heterocycles. The minimum Gasteiger partial charge on any atom is -0.458 e. The summed E-state index contributed by atoms with van der Waals surface area (Å²) < 4.78 is 26.4. The van der Waals surface area contributed by atoms with E-state index in [9.17, 15) is 4.79 Å². The molecule has 6 rings (SSSR count). The third-order valence-electron chi connectivity index (χ3n) is 7.04. The van der Waals surface area contributed by atoms with Gasteiger partial charge in [0.05, 0.1) is 18.8 Å². The second-order valence-electron chi connectivity index (χ2n) is 9.31. The van der Waals surface area contributed by atoms with E-state index in [0.29, 0.717) is 12.0 Å².